The SMILES string of the molecule is CCCCCCCCCCCC(=O)OC[C@@H](O)COC(=O)CCCCCC[C@@H]1[C@@H](/C=C/[C@@H](O)CCCCC)[C@H](O)C[C@@H]1O. The molecule has 0 spiro atoms. The molecule has 0 amide bonds. The van der Waals surface area contributed by atoms with E-state index in [0.29, 0.717) is 25.7 Å². The maximum Gasteiger partial charge on any atom is 0.305 e. The standard InChI is InChI=1S/C35H64O8/c1-3-5-7-8-9-10-11-12-17-21-34(40)42-26-29(37)27-43-35(41)22-18-14-13-16-20-30-31(33(39)25-32(30)38)24-23-28(36)19-15-6-4-2/h23-24,28-33,36-39H,3-22,25-27H2,1-2H3/b24-23+/t28-,29+,30+,31+,32-,33+/m0/s1. The van der Waals surface area contributed by atoms with Crippen molar-refractivity contribution in [3.05, 3.63) is 12.2 Å². The van der Waals surface area contributed by atoms with E-state index in [0.717, 1.165) is 64.2 Å². The van der Waals surface area contributed by atoms with E-state index < -0.39 is 24.4 Å². The number of aliphatic hydroxyl groups excluding tert-OH is 4. The topological polar surface area (TPSA) is 134 Å². The van der Waals surface area contributed by atoms with Crippen LogP contribution in [0.15, 0.2) is 12.2 Å². The number of rotatable bonds is 27. The van der Waals surface area contributed by atoms with Gasteiger partial charge in [0.25, 0.3) is 0 Å². The zero-order valence-corrected chi connectivity index (χ0v) is 27.3. The first-order chi connectivity index (χ1) is 20.8. The minimum atomic E-state index is -1.02. The summed E-state index contributed by atoms with van der Waals surface area (Å²) in [6, 6.07) is 0. The first-order valence-electron chi connectivity index (χ1n) is 17.5. The Balaban J connectivity index is 2.08. The molecule has 0 unspecified atom stereocenters. The molecular weight excluding hydrogens is 548 g/mol. The van der Waals surface area contributed by atoms with E-state index in [1.807, 2.05) is 6.08 Å². The molecule has 8 nitrogen and oxygen atoms in total. The Labute approximate surface area is 261 Å². The van der Waals surface area contributed by atoms with E-state index >= 15 is 0 Å². The van der Waals surface area contributed by atoms with E-state index in [1.165, 1.54) is 38.5 Å². The number of aliphatic hydroxyl groups is 4. The molecule has 43 heavy (non-hydrogen) atoms. The van der Waals surface area contributed by atoms with E-state index in [1.54, 1.807) is 6.08 Å². The van der Waals surface area contributed by atoms with Gasteiger partial charge in [-0.1, -0.05) is 116 Å². The third kappa shape index (κ3) is 20.2. The molecule has 8 heteroatoms. The van der Waals surface area contributed by atoms with Gasteiger partial charge in [0, 0.05) is 25.2 Å². The number of carbonyl (C=O) groups is 2. The quantitative estimate of drug-likeness (QED) is 0.0466. The van der Waals surface area contributed by atoms with Crippen molar-refractivity contribution in [2.75, 3.05) is 13.2 Å². The monoisotopic (exact) mass is 612 g/mol. The van der Waals surface area contributed by atoms with Crippen LogP contribution < -0.4 is 0 Å². The summed E-state index contributed by atoms with van der Waals surface area (Å²) in [7, 11) is 0. The highest BCUT2D eigenvalue weighted by molar-refractivity contribution is 5.69. The van der Waals surface area contributed by atoms with Gasteiger partial charge in [0.05, 0.1) is 18.3 Å². The van der Waals surface area contributed by atoms with E-state index in [-0.39, 0.29) is 43.4 Å². The molecule has 6 atom stereocenters. The molecule has 0 heterocycles. The maximum absolute atomic E-state index is 12.0. The summed E-state index contributed by atoms with van der Waals surface area (Å²) in [6.45, 7) is 3.99. The van der Waals surface area contributed by atoms with Crippen LogP contribution in [0.25, 0.3) is 0 Å². The van der Waals surface area contributed by atoms with Crippen molar-refractivity contribution in [3.63, 3.8) is 0 Å². The molecule has 1 aliphatic carbocycles. The number of ether oxygens (including phenoxy) is 2. The van der Waals surface area contributed by atoms with Gasteiger partial charge in [-0.15, -0.1) is 0 Å². The van der Waals surface area contributed by atoms with Crippen LogP contribution in [-0.2, 0) is 19.1 Å². The fourth-order valence-electron chi connectivity index (χ4n) is 5.89. The van der Waals surface area contributed by atoms with E-state index in [9.17, 15) is 30.0 Å². The number of hydrogen-bond acceptors (Lipinski definition) is 8. The summed E-state index contributed by atoms with van der Waals surface area (Å²) in [6.07, 6.45) is 20.5. The summed E-state index contributed by atoms with van der Waals surface area (Å²) in [5.74, 6) is -0.876. The fraction of sp³-hybridized carbons (Fsp3) is 0.886. The second-order valence-electron chi connectivity index (χ2n) is 12.6. The summed E-state index contributed by atoms with van der Waals surface area (Å²) in [5.41, 5.74) is 0. The highest BCUT2D eigenvalue weighted by atomic mass is 16.6. The minimum absolute atomic E-state index is 0.0280. The third-order valence-electron chi connectivity index (χ3n) is 8.60. The summed E-state index contributed by atoms with van der Waals surface area (Å²) in [4.78, 5) is 23.9. The number of carbonyl (C=O) groups excluding carboxylic acids is 2. The average Bonchev–Trinajstić information content (AvgIpc) is 3.25. The Bertz CT molecular complexity index is 727. The van der Waals surface area contributed by atoms with Crippen LogP contribution >= 0.6 is 0 Å². The number of unbranched alkanes of at least 4 members (excludes halogenated alkanes) is 13. The van der Waals surface area contributed by atoms with Crippen molar-refractivity contribution in [2.45, 2.75) is 173 Å². The second kappa shape index (κ2) is 25.8. The molecule has 1 fully saturated rings. The molecule has 0 saturated heterocycles. The first kappa shape index (κ1) is 39.5. The molecule has 1 aliphatic rings. The van der Waals surface area contributed by atoms with Gasteiger partial charge >= 0.3 is 11.9 Å². The molecule has 0 aromatic rings. The zero-order valence-electron chi connectivity index (χ0n) is 27.3. The van der Waals surface area contributed by atoms with Gasteiger partial charge in [0.15, 0.2) is 0 Å². The first-order valence-corrected chi connectivity index (χ1v) is 17.5. The Morgan fingerprint density at radius 2 is 1.19 bits per heavy atom. The Morgan fingerprint density at radius 3 is 1.74 bits per heavy atom. The van der Waals surface area contributed by atoms with Crippen LogP contribution in [0.1, 0.15) is 149 Å². The normalized spacial score (nSPS) is 21.7. The van der Waals surface area contributed by atoms with Crippen LogP contribution in [0, 0.1) is 11.8 Å². The maximum atomic E-state index is 12.0. The van der Waals surface area contributed by atoms with Gasteiger partial charge < -0.3 is 29.9 Å². The van der Waals surface area contributed by atoms with Crippen molar-refractivity contribution in [1.82, 2.24) is 0 Å². The molecule has 0 aromatic carbocycles. The molecule has 1 rings (SSSR count). The van der Waals surface area contributed by atoms with Crippen molar-refractivity contribution in [1.29, 1.82) is 0 Å². The molecule has 0 aromatic heterocycles. The molecule has 0 bridgehead atoms. The van der Waals surface area contributed by atoms with Crippen molar-refractivity contribution >= 4 is 11.9 Å². The van der Waals surface area contributed by atoms with Crippen LogP contribution in [0.2, 0.25) is 0 Å². The predicted octanol–water partition coefficient (Wildman–Crippen LogP) is 6.55. The predicted molar refractivity (Wildman–Crippen MR) is 170 cm³/mol. The highest BCUT2D eigenvalue weighted by Crippen LogP contribution is 2.37. The summed E-state index contributed by atoms with van der Waals surface area (Å²) in [5, 5.41) is 41.0. The summed E-state index contributed by atoms with van der Waals surface area (Å²) < 4.78 is 10.2. The average molecular weight is 613 g/mol. The number of hydrogen-bond donors (Lipinski definition) is 4. The van der Waals surface area contributed by atoms with Gasteiger partial charge in [0.2, 0.25) is 0 Å². The molecular formula is C35H64O8. The lowest BCUT2D eigenvalue weighted by Gasteiger charge is -2.21. The second-order valence-corrected chi connectivity index (χ2v) is 12.6. The summed E-state index contributed by atoms with van der Waals surface area (Å²) >= 11 is 0. The molecule has 252 valence electrons. The van der Waals surface area contributed by atoms with E-state index in [2.05, 4.69) is 13.8 Å². The van der Waals surface area contributed by atoms with Crippen LogP contribution in [0.3, 0.4) is 0 Å². The van der Waals surface area contributed by atoms with Gasteiger partial charge in [0.1, 0.15) is 19.3 Å². The van der Waals surface area contributed by atoms with Gasteiger partial charge in [-0.2, -0.15) is 0 Å². The Kier molecular flexibility index (Phi) is 23.7. The smallest absolute Gasteiger partial charge is 0.305 e. The van der Waals surface area contributed by atoms with Crippen LogP contribution in [0.4, 0.5) is 0 Å². The van der Waals surface area contributed by atoms with Gasteiger partial charge in [-0.3, -0.25) is 9.59 Å². The zero-order chi connectivity index (χ0) is 31.7. The molecule has 0 radical (unpaired) electrons. The van der Waals surface area contributed by atoms with Crippen molar-refractivity contribution < 1.29 is 39.5 Å². The Hall–Kier alpha value is -1.48. The highest BCUT2D eigenvalue weighted by Gasteiger charge is 2.39. The van der Waals surface area contributed by atoms with Crippen molar-refractivity contribution in [2.24, 2.45) is 11.8 Å². The number of esters is 2. The van der Waals surface area contributed by atoms with Crippen molar-refractivity contribution in [3.8, 4) is 0 Å². The van der Waals surface area contributed by atoms with Crippen LogP contribution in [0.5, 0.6) is 0 Å². The lowest BCUT2D eigenvalue weighted by molar-refractivity contribution is -0.152. The fourth-order valence-corrected chi connectivity index (χ4v) is 5.89. The minimum Gasteiger partial charge on any atom is -0.463 e. The van der Waals surface area contributed by atoms with Gasteiger partial charge in [-0.25, -0.2) is 0 Å². The largest absolute Gasteiger partial charge is 0.463 e. The van der Waals surface area contributed by atoms with Gasteiger partial charge in [-0.05, 0) is 31.6 Å². The molecule has 1 saturated carbocycles. The van der Waals surface area contributed by atoms with E-state index in [4.69, 9.17) is 9.47 Å². The third-order valence-corrected chi connectivity index (χ3v) is 8.60. The molecule has 0 aliphatic heterocycles. The van der Waals surface area contributed by atoms with Crippen LogP contribution in [-0.4, -0.2) is 70.0 Å². The lowest BCUT2D eigenvalue weighted by atomic mass is 9.88. The molecule has 4 N–H and O–H groups in total. The Morgan fingerprint density at radius 1 is 0.698 bits per heavy atom. The lowest BCUT2D eigenvalue weighted by Crippen LogP contribution is -2.25.